The summed E-state index contributed by atoms with van der Waals surface area (Å²) in [4.78, 5) is 0. The molecule has 1 aliphatic heterocycles. The minimum absolute atomic E-state index is 0.0518. The zero-order valence-electron chi connectivity index (χ0n) is 12.4. The molecule has 20 heavy (non-hydrogen) atoms. The maximum atomic E-state index is 6.17. The van der Waals surface area contributed by atoms with Crippen molar-refractivity contribution in [2.45, 2.75) is 45.2 Å². The third-order valence-electron chi connectivity index (χ3n) is 3.72. The lowest BCUT2D eigenvalue weighted by Crippen LogP contribution is -2.47. The first-order valence-electron chi connectivity index (χ1n) is 7.09. The maximum Gasteiger partial charge on any atom is 0.164 e. The van der Waals surface area contributed by atoms with Gasteiger partial charge in [-0.25, -0.2) is 0 Å². The first-order valence-corrected chi connectivity index (χ1v) is 8.61. The molecule has 0 spiro atoms. The molecule has 2 nitrogen and oxygen atoms in total. The molecule has 1 heterocycles. The highest BCUT2D eigenvalue weighted by Gasteiger charge is 2.42. The van der Waals surface area contributed by atoms with Gasteiger partial charge in [0.25, 0.3) is 0 Å². The molecule has 0 saturated carbocycles. The molecule has 0 unspecified atom stereocenters. The van der Waals surface area contributed by atoms with E-state index in [-0.39, 0.29) is 18.1 Å². The quantitative estimate of drug-likeness (QED) is 0.417. The number of hydrogen-bond donors (Lipinski definition) is 0. The van der Waals surface area contributed by atoms with E-state index in [0.29, 0.717) is 0 Å². The lowest BCUT2D eigenvalue weighted by molar-refractivity contribution is -0.314. The van der Waals surface area contributed by atoms with Crippen LogP contribution in [0.5, 0.6) is 0 Å². The Labute approximate surface area is 135 Å². The number of alkyl halides is 1. The molecular weight excluding hydrogens is 363 g/mol. The van der Waals surface area contributed by atoms with E-state index >= 15 is 0 Å². The second-order valence-corrected chi connectivity index (χ2v) is 6.92. The molecule has 1 aromatic carbocycles. The van der Waals surface area contributed by atoms with Crippen molar-refractivity contribution in [3.05, 3.63) is 48.0 Å². The Hall–Kier alpha value is -0.390. The maximum absolute atomic E-state index is 6.17. The minimum Gasteiger partial charge on any atom is -0.343 e. The van der Waals surface area contributed by atoms with Crippen LogP contribution in [0.1, 0.15) is 38.9 Å². The third-order valence-corrected chi connectivity index (χ3v) is 4.26. The number of hydrogen-bond acceptors (Lipinski definition) is 2. The first kappa shape index (κ1) is 16.0. The Balaban J connectivity index is 2.26. The van der Waals surface area contributed by atoms with Gasteiger partial charge in [0.05, 0.1) is 12.2 Å². The molecule has 0 bridgehead atoms. The third kappa shape index (κ3) is 3.62. The Morgan fingerprint density at radius 3 is 2.50 bits per heavy atom. The fourth-order valence-electron chi connectivity index (χ4n) is 2.75. The van der Waals surface area contributed by atoms with E-state index in [2.05, 4.69) is 60.4 Å². The van der Waals surface area contributed by atoms with Gasteiger partial charge in [0.2, 0.25) is 0 Å². The predicted molar refractivity (Wildman–Crippen MR) is 91.0 cm³/mol. The van der Waals surface area contributed by atoms with Crippen molar-refractivity contribution in [2.24, 2.45) is 5.92 Å². The summed E-state index contributed by atoms with van der Waals surface area (Å²) in [5, 5.41) is 0. The summed E-state index contributed by atoms with van der Waals surface area (Å²) in [6, 6.07) is 10.4. The zero-order valence-corrected chi connectivity index (χ0v) is 14.6. The summed E-state index contributed by atoms with van der Waals surface area (Å²) >= 11 is 2.38. The van der Waals surface area contributed by atoms with E-state index in [9.17, 15) is 0 Å². The molecule has 1 fully saturated rings. The molecule has 0 N–H and O–H groups in total. The average Bonchev–Trinajstić information content (AvgIpc) is 2.42. The molecule has 0 aromatic heterocycles. The SMILES string of the molecule is C=C(CCI)[C@H]1OC(C)(C)O[C@@H](c2ccccc2)[C@H]1C. The van der Waals surface area contributed by atoms with Crippen LogP contribution < -0.4 is 0 Å². The van der Waals surface area contributed by atoms with Gasteiger partial charge in [0, 0.05) is 10.3 Å². The van der Waals surface area contributed by atoms with Crippen LogP contribution in [-0.4, -0.2) is 16.3 Å². The van der Waals surface area contributed by atoms with Crippen LogP contribution in [-0.2, 0) is 9.47 Å². The molecule has 0 aliphatic carbocycles. The van der Waals surface area contributed by atoms with E-state index in [4.69, 9.17) is 9.47 Å². The zero-order chi connectivity index (χ0) is 14.8. The molecule has 2 rings (SSSR count). The van der Waals surface area contributed by atoms with Gasteiger partial charge in [-0.15, -0.1) is 0 Å². The molecule has 3 heteroatoms. The lowest BCUT2D eigenvalue weighted by Gasteiger charge is -2.45. The van der Waals surface area contributed by atoms with Gasteiger partial charge in [-0.2, -0.15) is 0 Å². The first-order chi connectivity index (χ1) is 9.44. The highest BCUT2D eigenvalue weighted by Crippen LogP contribution is 2.42. The lowest BCUT2D eigenvalue weighted by atomic mass is 9.86. The van der Waals surface area contributed by atoms with Crippen LogP contribution in [0.2, 0.25) is 0 Å². The van der Waals surface area contributed by atoms with E-state index < -0.39 is 5.79 Å². The van der Waals surface area contributed by atoms with Crippen molar-refractivity contribution in [3.8, 4) is 0 Å². The summed E-state index contributed by atoms with van der Waals surface area (Å²) in [6.07, 6.45) is 1.10. The van der Waals surface area contributed by atoms with Crippen LogP contribution in [0, 0.1) is 5.92 Å². The average molecular weight is 386 g/mol. The Morgan fingerprint density at radius 1 is 1.25 bits per heavy atom. The largest absolute Gasteiger partial charge is 0.343 e. The topological polar surface area (TPSA) is 18.5 Å². The molecule has 0 radical (unpaired) electrons. The van der Waals surface area contributed by atoms with Crippen LogP contribution in [0.25, 0.3) is 0 Å². The van der Waals surface area contributed by atoms with E-state index in [0.717, 1.165) is 10.8 Å². The smallest absolute Gasteiger partial charge is 0.164 e. The van der Waals surface area contributed by atoms with Crippen molar-refractivity contribution in [3.63, 3.8) is 0 Å². The van der Waals surface area contributed by atoms with Crippen molar-refractivity contribution in [1.29, 1.82) is 0 Å². The van der Waals surface area contributed by atoms with Crippen molar-refractivity contribution in [1.82, 2.24) is 0 Å². The van der Waals surface area contributed by atoms with E-state index in [1.54, 1.807) is 0 Å². The van der Waals surface area contributed by atoms with Gasteiger partial charge in [-0.05, 0) is 31.4 Å². The fourth-order valence-corrected chi connectivity index (χ4v) is 3.44. The number of halogens is 1. The predicted octanol–water partition coefficient (Wildman–Crippen LogP) is 4.90. The number of benzene rings is 1. The van der Waals surface area contributed by atoms with Gasteiger partial charge >= 0.3 is 0 Å². The summed E-state index contributed by atoms with van der Waals surface area (Å²) in [5.74, 6) is -0.313. The van der Waals surface area contributed by atoms with Gasteiger partial charge in [-0.1, -0.05) is 66.4 Å². The Morgan fingerprint density at radius 2 is 1.90 bits per heavy atom. The number of ether oxygens (including phenoxy) is 2. The summed E-state index contributed by atoms with van der Waals surface area (Å²) < 4.78 is 13.4. The van der Waals surface area contributed by atoms with Crippen LogP contribution >= 0.6 is 22.6 Å². The minimum atomic E-state index is -0.577. The molecule has 1 aliphatic rings. The molecule has 1 aromatic rings. The molecule has 3 atom stereocenters. The van der Waals surface area contributed by atoms with Gasteiger partial charge in [0.15, 0.2) is 5.79 Å². The number of rotatable bonds is 4. The van der Waals surface area contributed by atoms with Gasteiger partial charge in [0.1, 0.15) is 0 Å². The Kier molecular flexibility index (Phi) is 5.26. The second-order valence-electron chi connectivity index (χ2n) is 5.84. The summed E-state index contributed by atoms with van der Waals surface area (Å²) in [5.41, 5.74) is 2.38. The fraction of sp³-hybridized carbons (Fsp3) is 0.529. The summed E-state index contributed by atoms with van der Waals surface area (Å²) in [7, 11) is 0. The normalized spacial score (nSPS) is 29.1. The molecular formula is C17H23IO2. The monoisotopic (exact) mass is 386 g/mol. The van der Waals surface area contributed by atoms with Crippen LogP contribution in [0.4, 0.5) is 0 Å². The standard InChI is InChI=1S/C17H23IO2/c1-12(10-11-18)15-13(2)16(20-17(3,4)19-15)14-8-6-5-7-9-14/h5-9,13,15-16H,1,10-11H2,2-4H3/t13-,15+,16+/m0/s1. The van der Waals surface area contributed by atoms with Crippen molar-refractivity contribution >= 4 is 22.6 Å². The van der Waals surface area contributed by atoms with Crippen LogP contribution in [0.3, 0.4) is 0 Å². The Bertz CT molecular complexity index is 455. The van der Waals surface area contributed by atoms with Gasteiger partial charge in [-0.3, -0.25) is 0 Å². The second kappa shape index (κ2) is 6.58. The van der Waals surface area contributed by atoms with Crippen molar-refractivity contribution in [2.75, 3.05) is 4.43 Å². The van der Waals surface area contributed by atoms with Gasteiger partial charge < -0.3 is 9.47 Å². The molecule has 0 amide bonds. The van der Waals surface area contributed by atoms with Crippen LogP contribution in [0.15, 0.2) is 42.5 Å². The molecule has 110 valence electrons. The highest BCUT2D eigenvalue weighted by atomic mass is 127. The van der Waals surface area contributed by atoms with E-state index in [1.807, 2.05) is 19.9 Å². The van der Waals surface area contributed by atoms with Crippen molar-refractivity contribution < 1.29 is 9.47 Å². The molecule has 1 saturated heterocycles. The van der Waals surface area contributed by atoms with E-state index in [1.165, 1.54) is 11.1 Å². The highest BCUT2D eigenvalue weighted by molar-refractivity contribution is 14.1. The summed E-state index contributed by atoms with van der Waals surface area (Å²) in [6.45, 7) is 10.4.